The van der Waals surface area contributed by atoms with Crippen LogP contribution < -0.4 is 5.32 Å². The van der Waals surface area contributed by atoms with Crippen LogP contribution in [-0.2, 0) is 19.1 Å². The molecule has 1 aromatic carbocycles. The number of nitrogens with zero attached hydrogens (tertiary/aromatic N) is 4. The van der Waals surface area contributed by atoms with E-state index in [0.29, 0.717) is 35.3 Å². The Kier molecular flexibility index (Phi) is 6.59. The minimum absolute atomic E-state index is 0.199. The molecular weight excluding hydrogens is 430 g/mol. The predicted molar refractivity (Wildman–Crippen MR) is 115 cm³/mol. The molecule has 0 radical (unpaired) electrons. The molecule has 172 valence electrons. The van der Waals surface area contributed by atoms with Gasteiger partial charge in [0.1, 0.15) is 18.2 Å². The maximum absolute atomic E-state index is 12.5. The van der Waals surface area contributed by atoms with Crippen molar-refractivity contribution in [2.45, 2.75) is 51.0 Å². The average Bonchev–Trinajstić information content (AvgIpc) is 3.42. The molecule has 1 fully saturated rings. The minimum Gasteiger partial charge on any atom is -0.481 e. The van der Waals surface area contributed by atoms with Crippen LogP contribution in [0.3, 0.4) is 0 Å². The number of carboxylic acid groups (broad SMARTS) is 1. The molecule has 1 aliphatic rings. The lowest BCUT2D eigenvalue weighted by Gasteiger charge is -2.16. The molecule has 0 spiro atoms. The Bertz CT molecular complexity index is 1160. The first kappa shape index (κ1) is 22.3. The highest BCUT2D eigenvalue weighted by Crippen LogP contribution is 2.34. The second-order valence-electron chi connectivity index (χ2n) is 7.56. The van der Waals surface area contributed by atoms with Crippen LogP contribution in [0, 0.1) is 0 Å². The smallest absolute Gasteiger partial charge is 0.306 e. The Morgan fingerprint density at radius 3 is 2.73 bits per heavy atom. The first-order valence-electron chi connectivity index (χ1n) is 10.6. The maximum Gasteiger partial charge on any atom is 0.306 e. The van der Waals surface area contributed by atoms with Gasteiger partial charge in [-0.15, -0.1) is 0 Å². The van der Waals surface area contributed by atoms with Gasteiger partial charge in [0.2, 0.25) is 0 Å². The van der Waals surface area contributed by atoms with Crippen molar-refractivity contribution in [2.24, 2.45) is 0 Å². The van der Waals surface area contributed by atoms with E-state index in [1.54, 1.807) is 35.1 Å². The third-order valence-electron chi connectivity index (χ3n) is 5.34. The molecule has 11 heteroatoms. The summed E-state index contributed by atoms with van der Waals surface area (Å²) in [6, 6.07) is 8.77. The number of nitrogens with one attached hydrogen (secondary N) is 1. The largest absolute Gasteiger partial charge is 0.481 e. The summed E-state index contributed by atoms with van der Waals surface area (Å²) in [5.74, 6) is -1.62. The van der Waals surface area contributed by atoms with E-state index in [9.17, 15) is 14.4 Å². The Hall–Kier alpha value is -3.86. The Labute approximate surface area is 188 Å². The predicted octanol–water partition coefficient (Wildman–Crippen LogP) is 2.55. The molecule has 33 heavy (non-hydrogen) atoms. The first-order valence-corrected chi connectivity index (χ1v) is 10.6. The van der Waals surface area contributed by atoms with Crippen molar-refractivity contribution in [1.82, 2.24) is 19.7 Å². The average molecular weight is 453 g/mol. The van der Waals surface area contributed by atoms with Gasteiger partial charge >= 0.3 is 11.9 Å². The number of amides is 1. The lowest BCUT2D eigenvalue weighted by Crippen LogP contribution is -2.26. The second-order valence-corrected chi connectivity index (χ2v) is 7.56. The van der Waals surface area contributed by atoms with Gasteiger partial charge in [-0.05, 0) is 18.6 Å². The highest BCUT2D eigenvalue weighted by atomic mass is 16.6. The monoisotopic (exact) mass is 453 g/mol. The Morgan fingerprint density at radius 1 is 1.21 bits per heavy atom. The van der Waals surface area contributed by atoms with E-state index in [4.69, 9.17) is 14.6 Å². The van der Waals surface area contributed by atoms with E-state index >= 15 is 0 Å². The molecule has 3 aromatic rings. The van der Waals surface area contributed by atoms with Crippen LogP contribution in [0.15, 0.2) is 42.9 Å². The molecule has 1 saturated heterocycles. The van der Waals surface area contributed by atoms with Crippen molar-refractivity contribution in [1.29, 1.82) is 0 Å². The summed E-state index contributed by atoms with van der Waals surface area (Å²) in [6.07, 6.45) is 1.90. The molecule has 3 atom stereocenters. The summed E-state index contributed by atoms with van der Waals surface area (Å²) in [6.45, 7) is 1.91. The van der Waals surface area contributed by atoms with Crippen LogP contribution in [0.2, 0.25) is 0 Å². The topological polar surface area (TPSA) is 146 Å². The molecule has 11 nitrogen and oxygen atoms in total. The summed E-state index contributed by atoms with van der Waals surface area (Å²) >= 11 is 0. The number of anilines is 1. The van der Waals surface area contributed by atoms with Crippen molar-refractivity contribution >= 4 is 34.7 Å². The van der Waals surface area contributed by atoms with Gasteiger partial charge in [-0.1, -0.05) is 25.1 Å². The molecule has 1 amide bonds. The quantitative estimate of drug-likeness (QED) is 0.491. The summed E-state index contributed by atoms with van der Waals surface area (Å²) in [7, 11) is 0. The van der Waals surface area contributed by atoms with Crippen LogP contribution in [0.25, 0.3) is 11.0 Å². The van der Waals surface area contributed by atoms with Crippen molar-refractivity contribution < 1.29 is 29.0 Å². The number of carbonyl (C=O) groups excluding carboxylic acids is 2. The molecule has 0 aliphatic carbocycles. The normalized spacial score (nSPS) is 20.0. The zero-order valence-corrected chi connectivity index (χ0v) is 17.9. The number of carboxylic acids is 1. The number of aliphatic carboxylic acids is 1. The number of carbonyl (C=O) groups is 3. The zero-order valence-electron chi connectivity index (χ0n) is 17.9. The third-order valence-corrected chi connectivity index (χ3v) is 5.34. The van der Waals surface area contributed by atoms with Gasteiger partial charge in [-0.2, -0.15) is 5.10 Å². The summed E-state index contributed by atoms with van der Waals surface area (Å²) in [4.78, 5) is 43.7. The van der Waals surface area contributed by atoms with Crippen molar-refractivity contribution in [3.63, 3.8) is 0 Å². The van der Waals surface area contributed by atoms with E-state index < -0.39 is 24.3 Å². The van der Waals surface area contributed by atoms with E-state index in [-0.39, 0.29) is 24.9 Å². The highest BCUT2D eigenvalue weighted by molar-refractivity contribution is 6.07. The number of aromatic nitrogens is 4. The molecule has 2 aromatic heterocycles. The zero-order chi connectivity index (χ0) is 23.4. The van der Waals surface area contributed by atoms with E-state index in [1.807, 2.05) is 13.0 Å². The van der Waals surface area contributed by atoms with E-state index in [1.165, 1.54) is 6.33 Å². The van der Waals surface area contributed by atoms with Gasteiger partial charge in [0.25, 0.3) is 5.91 Å². The summed E-state index contributed by atoms with van der Waals surface area (Å²) in [5, 5.41) is 16.5. The fourth-order valence-electron chi connectivity index (χ4n) is 3.71. The molecule has 0 saturated carbocycles. The van der Waals surface area contributed by atoms with Gasteiger partial charge in [-0.3, -0.25) is 14.4 Å². The lowest BCUT2D eigenvalue weighted by molar-refractivity contribution is -0.154. The fourth-order valence-corrected chi connectivity index (χ4v) is 3.71. The van der Waals surface area contributed by atoms with E-state index in [0.717, 1.165) is 0 Å². The maximum atomic E-state index is 12.5. The van der Waals surface area contributed by atoms with Gasteiger partial charge in [0.15, 0.2) is 11.9 Å². The molecule has 0 bridgehead atoms. The van der Waals surface area contributed by atoms with Gasteiger partial charge in [0.05, 0.1) is 30.5 Å². The molecule has 4 rings (SSSR count). The number of benzene rings is 1. The van der Waals surface area contributed by atoms with Gasteiger partial charge in [-0.25, -0.2) is 14.6 Å². The summed E-state index contributed by atoms with van der Waals surface area (Å²) in [5.41, 5.74) is 0.959. The van der Waals surface area contributed by atoms with Crippen molar-refractivity contribution in [3.05, 3.63) is 48.4 Å². The van der Waals surface area contributed by atoms with E-state index in [2.05, 4.69) is 20.4 Å². The molecule has 1 unspecified atom stereocenters. The SMILES string of the molecule is CC[C@H]1O[C@@H](n2ncc3c(NC(=O)c4ccccc4)ncnc32)CC1OC(=O)CCC(=O)O. The molecular formula is C22H23N5O6. The van der Waals surface area contributed by atoms with Crippen LogP contribution in [-0.4, -0.2) is 54.9 Å². The number of hydrogen-bond acceptors (Lipinski definition) is 8. The van der Waals surface area contributed by atoms with Crippen LogP contribution in [0.4, 0.5) is 5.82 Å². The van der Waals surface area contributed by atoms with Crippen LogP contribution >= 0.6 is 0 Å². The second kappa shape index (κ2) is 9.74. The number of esters is 1. The first-order chi connectivity index (χ1) is 16.0. The lowest BCUT2D eigenvalue weighted by atomic mass is 10.1. The number of fused-ring (bicyclic) bond motifs is 1. The summed E-state index contributed by atoms with van der Waals surface area (Å²) < 4.78 is 13.1. The minimum atomic E-state index is -1.06. The van der Waals surface area contributed by atoms with Crippen LogP contribution in [0.5, 0.6) is 0 Å². The van der Waals surface area contributed by atoms with Crippen molar-refractivity contribution in [3.8, 4) is 0 Å². The fraction of sp³-hybridized carbons (Fsp3) is 0.364. The van der Waals surface area contributed by atoms with Gasteiger partial charge < -0.3 is 19.9 Å². The number of rotatable bonds is 8. The highest BCUT2D eigenvalue weighted by Gasteiger charge is 2.39. The van der Waals surface area contributed by atoms with Crippen molar-refractivity contribution in [2.75, 3.05) is 5.32 Å². The van der Waals surface area contributed by atoms with Crippen LogP contribution in [0.1, 0.15) is 49.2 Å². The molecule has 3 heterocycles. The molecule has 1 aliphatic heterocycles. The van der Waals surface area contributed by atoms with Gasteiger partial charge in [0, 0.05) is 12.0 Å². The molecule has 2 N–H and O–H groups in total. The number of ether oxygens (including phenoxy) is 2. The Morgan fingerprint density at radius 2 is 2.00 bits per heavy atom. The third kappa shape index (κ3) is 4.98. The standard InChI is InChI=1S/C22H23N5O6/c1-2-15-16(33-19(30)9-8-18(28)29)10-17(32-15)27-21-14(11-25-27)20(23-12-24-21)26-22(31)13-6-4-3-5-7-13/h3-7,11-12,15-17H,2,8-10H2,1H3,(H,28,29)(H,23,24,26,31)/t15-,16?,17-/m1/s1. The number of hydrogen-bond donors (Lipinski definition) is 2. The Balaban J connectivity index is 1.51.